The molecule has 0 aliphatic heterocycles. The topological polar surface area (TPSA) is 141 Å². The third-order valence-corrected chi connectivity index (χ3v) is 4.04. The number of alkyl carbamates (subject to hydrolysis) is 1. The molecule has 0 aliphatic carbocycles. The maximum absolute atomic E-state index is 11.8. The van der Waals surface area contributed by atoms with Crippen LogP contribution in [-0.2, 0) is 17.6 Å². The van der Waals surface area contributed by atoms with Gasteiger partial charge in [-0.3, -0.25) is 0 Å². The molecule has 0 fully saturated rings. The predicted octanol–water partition coefficient (Wildman–Crippen LogP) is 3.72. The molecule has 0 spiro atoms. The van der Waals surface area contributed by atoms with Gasteiger partial charge in [0.25, 0.3) is 0 Å². The summed E-state index contributed by atoms with van der Waals surface area (Å²) >= 11 is 0. The van der Waals surface area contributed by atoms with Gasteiger partial charge in [0.1, 0.15) is 29.0 Å². The Bertz CT molecular complexity index is 1080. The molecule has 3 heterocycles. The third kappa shape index (κ3) is 5.68. The van der Waals surface area contributed by atoms with Gasteiger partial charge in [0.15, 0.2) is 5.69 Å². The van der Waals surface area contributed by atoms with E-state index >= 15 is 0 Å². The number of aryl methyl sites for hydroxylation is 1. The minimum absolute atomic E-state index is 0.110. The lowest BCUT2D eigenvalue weighted by Gasteiger charge is -2.19. The Balaban J connectivity index is 1.72. The summed E-state index contributed by atoms with van der Waals surface area (Å²) in [6.45, 7) is 7.66. The molecule has 0 saturated carbocycles. The Labute approximate surface area is 178 Å². The van der Waals surface area contributed by atoms with Crippen LogP contribution in [0.3, 0.4) is 0 Å². The van der Waals surface area contributed by atoms with Gasteiger partial charge in [0.2, 0.25) is 11.8 Å². The molecule has 0 aromatic carbocycles. The van der Waals surface area contributed by atoms with Gasteiger partial charge >= 0.3 is 12.1 Å². The second-order valence-corrected chi connectivity index (χ2v) is 7.67. The highest BCUT2D eigenvalue weighted by Gasteiger charge is 2.19. The van der Waals surface area contributed by atoms with Gasteiger partial charge < -0.3 is 24.0 Å². The van der Waals surface area contributed by atoms with Gasteiger partial charge in [-0.05, 0) is 39.3 Å². The summed E-state index contributed by atoms with van der Waals surface area (Å²) in [5.41, 5.74) is 0.716. The molecule has 164 valence electrons. The van der Waals surface area contributed by atoms with Crippen molar-refractivity contribution in [2.75, 3.05) is 6.54 Å². The third-order valence-electron chi connectivity index (χ3n) is 4.04. The number of nitrogens with zero attached hydrogens (tertiary/aromatic N) is 3. The Morgan fingerprint density at radius 2 is 1.90 bits per heavy atom. The van der Waals surface area contributed by atoms with Crippen LogP contribution in [-0.4, -0.2) is 44.3 Å². The van der Waals surface area contributed by atoms with Crippen molar-refractivity contribution in [1.29, 1.82) is 0 Å². The SMILES string of the molecule is CCc1nc(-c2coc(-c3cccc(C(=O)O)n3)n2)oc1CCNC(=O)OC(C)(C)C. The minimum atomic E-state index is -1.14. The first-order valence-electron chi connectivity index (χ1n) is 9.78. The molecule has 0 bridgehead atoms. The lowest BCUT2D eigenvalue weighted by molar-refractivity contribution is 0.0527. The fourth-order valence-corrected chi connectivity index (χ4v) is 2.72. The van der Waals surface area contributed by atoms with E-state index in [1.165, 1.54) is 12.3 Å². The van der Waals surface area contributed by atoms with Crippen molar-refractivity contribution in [3.05, 3.63) is 41.6 Å². The summed E-state index contributed by atoms with van der Waals surface area (Å²) in [6.07, 6.45) is 1.95. The largest absolute Gasteiger partial charge is 0.477 e. The van der Waals surface area contributed by atoms with Gasteiger partial charge in [-0.1, -0.05) is 13.0 Å². The molecule has 0 aliphatic rings. The fraction of sp³-hybridized carbons (Fsp3) is 0.381. The van der Waals surface area contributed by atoms with Gasteiger partial charge in [0, 0.05) is 13.0 Å². The van der Waals surface area contributed by atoms with Crippen molar-refractivity contribution in [2.45, 2.75) is 46.1 Å². The van der Waals surface area contributed by atoms with Crippen LogP contribution in [0.5, 0.6) is 0 Å². The minimum Gasteiger partial charge on any atom is -0.477 e. The molecule has 10 heteroatoms. The number of amides is 1. The molecular weight excluding hydrogens is 404 g/mol. The van der Waals surface area contributed by atoms with Crippen LogP contribution in [0.1, 0.15) is 49.6 Å². The summed E-state index contributed by atoms with van der Waals surface area (Å²) in [6, 6.07) is 4.55. The number of ether oxygens (including phenoxy) is 1. The van der Waals surface area contributed by atoms with E-state index in [1.807, 2.05) is 6.92 Å². The van der Waals surface area contributed by atoms with Gasteiger partial charge in [-0.2, -0.15) is 0 Å². The molecule has 2 N–H and O–H groups in total. The van der Waals surface area contributed by atoms with Crippen LogP contribution in [0.4, 0.5) is 4.79 Å². The summed E-state index contributed by atoms with van der Waals surface area (Å²) in [4.78, 5) is 35.7. The molecule has 0 saturated heterocycles. The Morgan fingerprint density at radius 1 is 1.13 bits per heavy atom. The number of carboxylic acids is 1. The second kappa shape index (κ2) is 8.99. The van der Waals surface area contributed by atoms with E-state index < -0.39 is 17.7 Å². The average Bonchev–Trinajstić information content (AvgIpc) is 3.33. The molecule has 0 atom stereocenters. The number of hydrogen-bond acceptors (Lipinski definition) is 8. The molecule has 0 unspecified atom stereocenters. The van der Waals surface area contributed by atoms with Gasteiger partial charge in [-0.25, -0.2) is 24.5 Å². The number of aromatic nitrogens is 3. The summed E-state index contributed by atoms with van der Waals surface area (Å²) in [5, 5.41) is 11.8. The highest BCUT2D eigenvalue weighted by Crippen LogP contribution is 2.25. The van der Waals surface area contributed by atoms with Crippen LogP contribution in [0.2, 0.25) is 0 Å². The van der Waals surface area contributed by atoms with Gasteiger partial charge in [0.05, 0.1) is 5.69 Å². The zero-order valence-corrected chi connectivity index (χ0v) is 17.8. The lowest BCUT2D eigenvalue weighted by Crippen LogP contribution is -2.33. The van der Waals surface area contributed by atoms with E-state index in [2.05, 4.69) is 20.3 Å². The maximum atomic E-state index is 11.8. The highest BCUT2D eigenvalue weighted by molar-refractivity contribution is 5.85. The fourth-order valence-electron chi connectivity index (χ4n) is 2.72. The quantitative estimate of drug-likeness (QED) is 0.576. The van der Waals surface area contributed by atoms with Crippen molar-refractivity contribution < 1.29 is 28.3 Å². The van der Waals surface area contributed by atoms with Crippen molar-refractivity contribution in [3.63, 3.8) is 0 Å². The first-order valence-corrected chi connectivity index (χ1v) is 9.78. The van der Waals surface area contributed by atoms with Crippen LogP contribution >= 0.6 is 0 Å². The molecular formula is C21H24N4O6. The highest BCUT2D eigenvalue weighted by atomic mass is 16.6. The molecule has 1 amide bonds. The maximum Gasteiger partial charge on any atom is 0.407 e. The summed E-state index contributed by atoms with van der Waals surface area (Å²) in [5.74, 6) is -0.0846. The zero-order chi connectivity index (χ0) is 22.6. The van der Waals surface area contributed by atoms with E-state index in [9.17, 15) is 9.59 Å². The number of nitrogens with one attached hydrogen (secondary N) is 1. The van der Waals surface area contributed by atoms with Gasteiger partial charge in [-0.15, -0.1) is 0 Å². The standard InChI is InChI=1S/C21H24N4O6/c1-5-12-16(9-10-22-20(28)31-21(2,3)4)30-18(24-12)15-11-29-17(25-15)13-7-6-8-14(23-13)19(26)27/h6-8,11H,5,9-10H2,1-4H3,(H,22,28)(H,26,27). The van der Waals surface area contributed by atoms with E-state index in [4.69, 9.17) is 18.7 Å². The number of carbonyl (C=O) groups excluding carboxylic acids is 1. The number of rotatable bonds is 7. The summed E-state index contributed by atoms with van der Waals surface area (Å²) in [7, 11) is 0. The first kappa shape index (κ1) is 22.0. The summed E-state index contributed by atoms with van der Waals surface area (Å²) < 4.78 is 16.5. The van der Waals surface area contributed by atoms with Crippen molar-refractivity contribution in [2.24, 2.45) is 0 Å². The van der Waals surface area contributed by atoms with Crippen LogP contribution in [0.15, 0.2) is 33.3 Å². The number of aromatic carboxylic acids is 1. The predicted molar refractivity (Wildman–Crippen MR) is 110 cm³/mol. The number of hydrogen-bond donors (Lipinski definition) is 2. The molecule has 3 rings (SSSR count). The average molecular weight is 428 g/mol. The lowest BCUT2D eigenvalue weighted by atomic mass is 10.2. The normalized spacial score (nSPS) is 11.4. The number of oxazole rings is 2. The molecule has 3 aromatic heterocycles. The van der Waals surface area contributed by atoms with E-state index in [0.717, 1.165) is 5.69 Å². The van der Waals surface area contributed by atoms with Crippen molar-refractivity contribution in [3.8, 4) is 23.2 Å². The van der Waals surface area contributed by atoms with E-state index in [1.54, 1.807) is 32.9 Å². The van der Waals surface area contributed by atoms with E-state index in [0.29, 0.717) is 30.8 Å². The first-order chi connectivity index (χ1) is 14.7. The van der Waals surface area contributed by atoms with E-state index in [-0.39, 0.29) is 23.2 Å². The number of carbonyl (C=O) groups is 2. The number of pyridine rings is 1. The Kier molecular flexibility index (Phi) is 6.38. The zero-order valence-electron chi connectivity index (χ0n) is 17.8. The molecule has 10 nitrogen and oxygen atoms in total. The second-order valence-electron chi connectivity index (χ2n) is 7.67. The van der Waals surface area contributed by atoms with Crippen LogP contribution in [0.25, 0.3) is 23.2 Å². The monoisotopic (exact) mass is 428 g/mol. The van der Waals surface area contributed by atoms with Crippen LogP contribution in [0, 0.1) is 0 Å². The molecule has 0 radical (unpaired) electrons. The van der Waals surface area contributed by atoms with Crippen molar-refractivity contribution in [1.82, 2.24) is 20.3 Å². The molecule has 3 aromatic rings. The molecule has 31 heavy (non-hydrogen) atoms. The smallest absolute Gasteiger partial charge is 0.407 e. The number of carboxylic acid groups (broad SMARTS) is 1. The van der Waals surface area contributed by atoms with Crippen molar-refractivity contribution >= 4 is 12.1 Å². The Morgan fingerprint density at radius 3 is 2.58 bits per heavy atom. The Hall–Kier alpha value is -3.69. The van der Waals surface area contributed by atoms with Crippen LogP contribution < -0.4 is 5.32 Å².